The van der Waals surface area contributed by atoms with Crippen LogP contribution in [0.25, 0.3) is 0 Å². The standard InChI is InChI=1S/C20H22N6O2/c1-12-10-16(13(2)26(12)15-8-9-15)18(27)28-11-17-23-19(21)25-20(24-17)22-14-6-4-3-5-7-14/h3-7,10,15H,8-9,11H2,1-2H3,(H3,21,22,23,24,25). The van der Waals surface area contributed by atoms with Gasteiger partial charge in [0, 0.05) is 23.1 Å². The highest BCUT2D eigenvalue weighted by Crippen LogP contribution is 2.38. The molecule has 8 nitrogen and oxygen atoms in total. The summed E-state index contributed by atoms with van der Waals surface area (Å²) >= 11 is 0. The topological polar surface area (TPSA) is 108 Å². The number of rotatable bonds is 6. The molecule has 1 aliphatic rings. The zero-order chi connectivity index (χ0) is 19.7. The number of benzene rings is 1. The number of carbonyl (C=O) groups is 1. The summed E-state index contributed by atoms with van der Waals surface area (Å²) in [5.74, 6) is 0.259. The summed E-state index contributed by atoms with van der Waals surface area (Å²) in [4.78, 5) is 25.0. The number of ether oxygens (including phenoxy) is 1. The molecule has 1 aliphatic carbocycles. The van der Waals surface area contributed by atoms with E-state index in [1.165, 1.54) is 0 Å². The van der Waals surface area contributed by atoms with E-state index in [2.05, 4.69) is 24.8 Å². The monoisotopic (exact) mass is 378 g/mol. The van der Waals surface area contributed by atoms with Gasteiger partial charge in [-0.2, -0.15) is 15.0 Å². The highest BCUT2D eigenvalue weighted by atomic mass is 16.5. The van der Waals surface area contributed by atoms with Crippen molar-refractivity contribution in [3.05, 3.63) is 59.2 Å². The Morgan fingerprint density at radius 2 is 1.96 bits per heavy atom. The van der Waals surface area contributed by atoms with Crippen LogP contribution in [-0.2, 0) is 11.3 Å². The van der Waals surface area contributed by atoms with Crippen molar-refractivity contribution in [1.29, 1.82) is 0 Å². The molecule has 0 spiro atoms. The normalized spacial score (nSPS) is 13.4. The lowest BCUT2D eigenvalue weighted by Crippen LogP contribution is -2.12. The number of esters is 1. The molecule has 144 valence electrons. The van der Waals surface area contributed by atoms with E-state index in [9.17, 15) is 4.79 Å². The second-order valence-corrected chi connectivity index (χ2v) is 6.89. The lowest BCUT2D eigenvalue weighted by atomic mass is 10.2. The Kier molecular flexibility index (Phi) is 4.68. The molecular formula is C20H22N6O2. The van der Waals surface area contributed by atoms with Gasteiger partial charge in [-0.15, -0.1) is 0 Å². The van der Waals surface area contributed by atoms with Crippen LogP contribution in [0.1, 0.15) is 46.5 Å². The van der Waals surface area contributed by atoms with E-state index in [0.717, 1.165) is 29.9 Å². The summed E-state index contributed by atoms with van der Waals surface area (Å²) in [6.07, 6.45) is 2.32. The molecule has 2 heterocycles. The zero-order valence-corrected chi connectivity index (χ0v) is 15.8. The van der Waals surface area contributed by atoms with Crippen molar-refractivity contribution < 1.29 is 9.53 Å². The van der Waals surface area contributed by atoms with Gasteiger partial charge in [0.25, 0.3) is 0 Å². The third-order valence-corrected chi connectivity index (χ3v) is 4.68. The molecule has 3 aromatic rings. The van der Waals surface area contributed by atoms with Gasteiger partial charge in [0.1, 0.15) is 0 Å². The fraction of sp³-hybridized carbons (Fsp3) is 0.300. The van der Waals surface area contributed by atoms with E-state index >= 15 is 0 Å². The zero-order valence-electron chi connectivity index (χ0n) is 15.8. The maximum atomic E-state index is 12.6. The largest absolute Gasteiger partial charge is 0.454 e. The Labute approximate surface area is 162 Å². The third-order valence-electron chi connectivity index (χ3n) is 4.68. The molecule has 3 N–H and O–H groups in total. The van der Waals surface area contributed by atoms with Crippen LogP contribution in [0.4, 0.5) is 17.6 Å². The maximum absolute atomic E-state index is 12.6. The number of hydrogen-bond acceptors (Lipinski definition) is 7. The van der Waals surface area contributed by atoms with E-state index in [0.29, 0.717) is 17.6 Å². The van der Waals surface area contributed by atoms with Crippen molar-refractivity contribution >= 4 is 23.6 Å². The van der Waals surface area contributed by atoms with Gasteiger partial charge >= 0.3 is 5.97 Å². The number of anilines is 3. The fourth-order valence-electron chi connectivity index (χ4n) is 3.30. The second-order valence-electron chi connectivity index (χ2n) is 6.89. The van der Waals surface area contributed by atoms with Crippen molar-refractivity contribution in [3.63, 3.8) is 0 Å². The van der Waals surface area contributed by atoms with Crippen LogP contribution in [0.3, 0.4) is 0 Å². The average Bonchev–Trinajstić information content (AvgIpc) is 3.45. The Morgan fingerprint density at radius 1 is 1.21 bits per heavy atom. The van der Waals surface area contributed by atoms with Gasteiger partial charge in [0.15, 0.2) is 12.4 Å². The Hall–Kier alpha value is -3.42. The third kappa shape index (κ3) is 3.80. The molecular weight excluding hydrogens is 356 g/mol. The molecule has 0 bridgehead atoms. The molecule has 0 unspecified atom stereocenters. The van der Waals surface area contributed by atoms with E-state index in [1.807, 2.05) is 50.2 Å². The van der Waals surface area contributed by atoms with E-state index in [-0.39, 0.29) is 18.4 Å². The first-order valence-corrected chi connectivity index (χ1v) is 9.19. The molecule has 28 heavy (non-hydrogen) atoms. The number of nitrogens with zero attached hydrogens (tertiary/aromatic N) is 4. The van der Waals surface area contributed by atoms with Crippen LogP contribution >= 0.6 is 0 Å². The van der Waals surface area contributed by atoms with Crippen LogP contribution < -0.4 is 11.1 Å². The molecule has 0 aliphatic heterocycles. The van der Waals surface area contributed by atoms with Crippen molar-refractivity contribution in [1.82, 2.24) is 19.5 Å². The smallest absolute Gasteiger partial charge is 0.340 e. The number of aryl methyl sites for hydroxylation is 1. The number of nitrogens with two attached hydrogens (primary N) is 1. The van der Waals surface area contributed by atoms with E-state index in [4.69, 9.17) is 10.5 Å². The number of nitrogen functional groups attached to an aromatic ring is 1. The average molecular weight is 378 g/mol. The molecule has 4 rings (SSSR count). The minimum absolute atomic E-state index is 0.0615. The summed E-state index contributed by atoms with van der Waals surface area (Å²) in [6, 6.07) is 11.9. The predicted molar refractivity (Wildman–Crippen MR) is 105 cm³/mol. The van der Waals surface area contributed by atoms with E-state index < -0.39 is 5.97 Å². The number of nitrogens with one attached hydrogen (secondary N) is 1. The number of aromatic nitrogens is 4. The van der Waals surface area contributed by atoms with Crippen molar-refractivity contribution in [2.45, 2.75) is 39.3 Å². The molecule has 0 atom stereocenters. The summed E-state index contributed by atoms with van der Waals surface area (Å²) < 4.78 is 7.64. The van der Waals surface area contributed by atoms with Gasteiger partial charge in [-0.3, -0.25) is 0 Å². The predicted octanol–water partition coefficient (Wildman–Crippen LogP) is 3.31. The Balaban J connectivity index is 1.46. The van der Waals surface area contributed by atoms with Crippen molar-refractivity contribution in [3.8, 4) is 0 Å². The fourth-order valence-corrected chi connectivity index (χ4v) is 3.30. The van der Waals surface area contributed by atoms with Gasteiger partial charge in [-0.25, -0.2) is 4.79 Å². The van der Waals surface area contributed by atoms with Gasteiger partial charge in [0.05, 0.1) is 5.56 Å². The van der Waals surface area contributed by atoms with Crippen LogP contribution in [0.15, 0.2) is 36.4 Å². The first-order chi connectivity index (χ1) is 13.5. The molecule has 2 aromatic heterocycles. The molecule has 0 amide bonds. The van der Waals surface area contributed by atoms with Crippen molar-refractivity contribution in [2.24, 2.45) is 0 Å². The summed E-state index contributed by atoms with van der Waals surface area (Å²) in [7, 11) is 0. The summed E-state index contributed by atoms with van der Waals surface area (Å²) in [6.45, 7) is 3.88. The molecule has 0 saturated heterocycles. The summed E-state index contributed by atoms with van der Waals surface area (Å²) in [5, 5.41) is 3.06. The minimum Gasteiger partial charge on any atom is -0.454 e. The molecule has 1 saturated carbocycles. The lowest BCUT2D eigenvalue weighted by molar-refractivity contribution is 0.0461. The number of carbonyl (C=O) groups excluding carboxylic acids is 1. The number of para-hydroxylation sites is 1. The maximum Gasteiger partial charge on any atom is 0.340 e. The molecule has 1 fully saturated rings. The van der Waals surface area contributed by atoms with Gasteiger partial charge in [-0.05, 0) is 44.9 Å². The number of hydrogen-bond donors (Lipinski definition) is 2. The highest BCUT2D eigenvalue weighted by molar-refractivity contribution is 5.91. The second kappa shape index (κ2) is 7.30. The minimum atomic E-state index is -0.392. The van der Waals surface area contributed by atoms with Crippen LogP contribution in [0.2, 0.25) is 0 Å². The first kappa shape index (κ1) is 18.0. The summed E-state index contributed by atoms with van der Waals surface area (Å²) in [5.41, 5.74) is 9.18. The van der Waals surface area contributed by atoms with Gasteiger partial charge in [-0.1, -0.05) is 18.2 Å². The van der Waals surface area contributed by atoms with Gasteiger partial charge < -0.3 is 20.4 Å². The van der Waals surface area contributed by atoms with Crippen molar-refractivity contribution in [2.75, 3.05) is 11.1 Å². The SMILES string of the molecule is Cc1cc(C(=O)OCc2nc(N)nc(Nc3ccccc3)n2)c(C)n1C1CC1. The highest BCUT2D eigenvalue weighted by Gasteiger charge is 2.28. The van der Waals surface area contributed by atoms with E-state index in [1.54, 1.807) is 0 Å². The van der Waals surface area contributed by atoms with Crippen LogP contribution in [0.5, 0.6) is 0 Å². The van der Waals surface area contributed by atoms with Crippen LogP contribution in [-0.4, -0.2) is 25.5 Å². The first-order valence-electron chi connectivity index (χ1n) is 9.19. The van der Waals surface area contributed by atoms with Gasteiger partial charge in [0.2, 0.25) is 11.9 Å². The molecule has 8 heteroatoms. The van der Waals surface area contributed by atoms with Crippen LogP contribution in [0, 0.1) is 13.8 Å². The molecule has 0 radical (unpaired) electrons. The molecule has 1 aromatic carbocycles. The lowest BCUT2D eigenvalue weighted by Gasteiger charge is -2.09. The Bertz CT molecular complexity index is 1010. The quantitative estimate of drug-likeness (QED) is 0.634. The Morgan fingerprint density at radius 3 is 2.68 bits per heavy atom.